The molecule has 1 amide bonds. The molecule has 23 heavy (non-hydrogen) atoms. The van der Waals surface area contributed by atoms with E-state index in [0.717, 1.165) is 22.8 Å². The number of amides is 1. The summed E-state index contributed by atoms with van der Waals surface area (Å²) in [5.41, 5.74) is 2.42. The normalized spacial score (nSPS) is 11.7. The number of aryl methyl sites for hydroxylation is 1. The van der Waals surface area contributed by atoms with Gasteiger partial charge in [0.15, 0.2) is 6.10 Å². The average Bonchev–Trinajstić information content (AvgIpc) is 2.55. The molecular weight excluding hydrogens is 306 g/mol. The van der Waals surface area contributed by atoms with E-state index in [9.17, 15) is 4.79 Å². The fourth-order valence-electron chi connectivity index (χ4n) is 2.10. The number of nitrogens with one attached hydrogen (secondary N) is 1. The molecule has 2 rings (SSSR count). The third kappa shape index (κ3) is 6.37. The van der Waals surface area contributed by atoms with Gasteiger partial charge in [-0.25, -0.2) is 0 Å². The molecule has 3 nitrogen and oxygen atoms in total. The second-order valence-corrected chi connectivity index (χ2v) is 6.51. The average molecular weight is 329 g/mol. The first-order chi connectivity index (χ1) is 11.1. The van der Waals surface area contributed by atoms with Crippen LogP contribution in [0.15, 0.2) is 54.6 Å². The third-order valence-corrected chi connectivity index (χ3v) is 4.36. The lowest BCUT2D eigenvalue weighted by atomic mass is 10.2. The molecule has 0 bridgehead atoms. The quantitative estimate of drug-likeness (QED) is 0.748. The molecule has 2 aromatic rings. The van der Waals surface area contributed by atoms with Crippen molar-refractivity contribution in [2.75, 3.05) is 12.3 Å². The lowest BCUT2D eigenvalue weighted by Gasteiger charge is -2.15. The molecule has 122 valence electrons. The van der Waals surface area contributed by atoms with Crippen LogP contribution in [0.1, 0.15) is 18.1 Å². The van der Waals surface area contributed by atoms with Crippen LogP contribution >= 0.6 is 11.8 Å². The number of carbonyl (C=O) groups excluding carboxylic acids is 1. The second kappa shape index (κ2) is 9.26. The van der Waals surface area contributed by atoms with Gasteiger partial charge in [0.1, 0.15) is 5.75 Å². The highest BCUT2D eigenvalue weighted by Crippen LogP contribution is 2.14. The summed E-state index contributed by atoms with van der Waals surface area (Å²) in [6.07, 6.45) is -0.490. The van der Waals surface area contributed by atoms with Crippen molar-refractivity contribution < 1.29 is 9.53 Å². The van der Waals surface area contributed by atoms with Crippen LogP contribution in [0.25, 0.3) is 0 Å². The summed E-state index contributed by atoms with van der Waals surface area (Å²) in [5, 5.41) is 2.92. The Balaban J connectivity index is 1.64. The predicted octanol–water partition coefficient (Wildman–Crippen LogP) is 3.81. The lowest BCUT2D eigenvalue weighted by Crippen LogP contribution is -2.37. The van der Waals surface area contributed by atoms with Crippen molar-refractivity contribution in [1.82, 2.24) is 5.32 Å². The van der Waals surface area contributed by atoms with E-state index in [2.05, 4.69) is 17.4 Å². The van der Waals surface area contributed by atoms with E-state index in [1.54, 1.807) is 6.92 Å². The Morgan fingerprint density at radius 1 is 1.17 bits per heavy atom. The molecule has 0 heterocycles. The van der Waals surface area contributed by atoms with Gasteiger partial charge >= 0.3 is 0 Å². The van der Waals surface area contributed by atoms with Gasteiger partial charge in [-0.2, -0.15) is 11.8 Å². The first-order valence-corrected chi connectivity index (χ1v) is 8.93. The Hall–Kier alpha value is -1.94. The van der Waals surface area contributed by atoms with Crippen molar-refractivity contribution in [2.24, 2.45) is 0 Å². The first kappa shape index (κ1) is 17.4. The molecule has 2 aromatic carbocycles. The zero-order valence-corrected chi connectivity index (χ0v) is 14.4. The summed E-state index contributed by atoms with van der Waals surface area (Å²) < 4.78 is 5.66. The molecule has 0 saturated heterocycles. The Kier molecular flexibility index (Phi) is 7.01. The van der Waals surface area contributed by atoms with Crippen LogP contribution in [-0.2, 0) is 10.5 Å². The summed E-state index contributed by atoms with van der Waals surface area (Å²) in [7, 11) is 0. The first-order valence-electron chi connectivity index (χ1n) is 7.78. The van der Waals surface area contributed by atoms with Crippen molar-refractivity contribution in [2.45, 2.75) is 25.7 Å². The Morgan fingerprint density at radius 3 is 2.70 bits per heavy atom. The molecule has 0 spiro atoms. The van der Waals surface area contributed by atoms with Gasteiger partial charge in [-0.05, 0) is 37.1 Å². The van der Waals surface area contributed by atoms with Crippen LogP contribution in [0, 0.1) is 6.92 Å². The predicted molar refractivity (Wildman–Crippen MR) is 96.9 cm³/mol. The molecule has 0 aliphatic carbocycles. The standard InChI is InChI=1S/C19H23NO2S/c1-15-7-6-10-18(13-15)22-16(2)19(21)20-11-12-23-14-17-8-4-3-5-9-17/h3-10,13,16H,11-12,14H2,1-2H3,(H,20,21)/t16-/m0/s1. The third-order valence-electron chi connectivity index (χ3n) is 3.33. The van der Waals surface area contributed by atoms with Gasteiger partial charge < -0.3 is 10.1 Å². The van der Waals surface area contributed by atoms with Crippen LogP contribution in [0.3, 0.4) is 0 Å². The zero-order valence-electron chi connectivity index (χ0n) is 13.6. The van der Waals surface area contributed by atoms with Crippen molar-refractivity contribution in [3.8, 4) is 5.75 Å². The SMILES string of the molecule is Cc1cccc(O[C@@H](C)C(=O)NCCSCc2ccccc2)c1. The summed E-state index contributed by atoms with van der Waals surface area (Å²) in [6.45, 7) is 4.42. The van der Waals surface area contributed by atoms with Gasteiger partial charge in [-0.1, -0.05) is 42.5 Å². The number of hydrogen-bond donors (Lipinski definition) is 1. The maximum Gasteiger partial charge on any atom is 0.260 e. The molecule has 1 N–H and O–H groups in total. The van der Waals surface area contributed by atoms with Gasteiger partial charge in [0, 0.05) is 18.1 Å². The van der Waals surface area contributed by atoms with Crippen LogP contribution in [0.5, 0.6) is 5.75 Å². The highest BCUT2D eigenvalue weighted by atomic mass is 32.2. The van der Waals surface area contributed by atoms with E-state index < -0.39 is 6.10 Å². The van der Waals surface area contributed by atoms with E-state index in [4.69, 9.17) is 4.74 Å². The van der Waals surface area contributed by atoms with Gasteiger partial charge in [0.25, 0.3) is 5.91 Å². The number of hydrogen-bond acceptors (Lipinski definition) is 3. The minimum absolute atomic E-state index is 0.0770. The number of rotatable bonds is 8. The fourth-order valence-corrected chi connectivity index (χ4v) is 2.92. The van der Waals surface area contributed by atoms with E-state index in [-0.39, 0.29) is 5.91 Å². The highest BCUT2D eigenvalue weighted by molar-refractivity contribution is 7.98. The molecular formula is C19H23NO2S. The molecule has 0 aromatic heterocycles. The van der Waals surface area contributed by atoms with E-state index >= 15 is 0 Å². The van der Waals surface area contributed by atoms with Gasteiger partial charge in [0.05, 0.1) is 0 Å². The monoisotopic (exact) mass is 329 g/mol. The van der Waals surface area contributed by atoms with Crippen molar-refractivity contribution in [3.63, 3.8) is 0 Å². The minimum Gasteiger partial charge on any atom is -0.481 e. The van der Waals surface area contributed by atoms with E-state index in [1.807, 2.05) is 61.2 Å². The number of ether oxygens (including phenoxy) is 1. The van der Waals surface area contributed by atoms with Crippen molar-refractivity contribution in [3.05, 3.63) is 65.7 Å². The van der Waals surface area contributed by atoms with Crippen LogP contribution in [0.2, 0.25) is 0 Å². The molecule has 4 heteroatoms. The van der Waals surface area contributed by atoms with Gasteiger partial charge in [-0.3, -0.25) is 4.79 Å². The van der Waals surface area contributed by atoms with Gasteiger partial charge in [-0.15, -0.1) is 0 Å². The maximum absolute atomic E-state index is 12.0. The van der Waals surface area contributed by atoms with Gasteiger partial charge in [0.2, 0.25) is 0 Å². The molecule has 0 fully saturated rings. The Labute approximate surface area is 142 Å². The summed E-state index contributed by atoms with van der Waals surface area (Å²) in [5.74, 6) is 2.50. The van der Waals surface area contributed by atoms with Crippen LogP contribution < -0.4 is 10.1 Å². The molecule has 0 radical (unpaired) electrons. The Bertz CT molecular complexity index is 616. The molecule has 1 atom stereocenters. The van der Waals surface area contributed by atoms with E-state index in [1.165, 1.54) is 5.56 Å². The topological polar surface area (TPSA) is 38.3 Å². The highest BCUT2D eigenvalue weighted by Gasteiger charge is 2.13. The summed E-state index contributed by atoms with van der Waals surface area (Å²) in [4.78, 5) is 12.0. The minimum atomic E-state index is -0.490. The number of carbonyl (C=O) groups is 1. The Morgan fingerprint density at radius 2 is 1.96 bits per heavy atom. The maximum atomic E-state index is 12.0. The summed E-state index contributed by atoms with van der Waals surface area (Å²) >= 11 is 1.81. The summed E-state index contributed by atoms with van der Waals surface area (Å²) in [6, 6.07) is 18.1. The lowest BCUT2D eigenvalue weighted by molar-refractivity contribution is -0.127. The zero-order chi connectivity index (χ0) is 16.5. The molecule has 0 saturated carbocycles. The molecule has 0 aliphatic heterocycles. The van der Waals surface area contributed by atoms with Crippen molar-refractivity contribution >= 4 is 17.7 Å². The largest absolute Gasteiger partial charge is 0.481 e. The number of benzene rings is 2. The van der Waals surface area contributed by atoms with Crippen LogP contribution in [0.4, 0.5) is 0 Å². The van der Waals surface area contributed by atoms with Crippen molar-refractivity contribution in [1.29, 1.82) is 0 Å². The second-order valence-electron chi connectivity index (χ2n) is 5.41. The number of thioether (sulfide) groups is 1. The molecule has 0 aliphatic rings. The van der Waals surface area contributed by atoms with Crippen LogP contribution in [-0.4, -0.2) is 24.3 Å². The smallest absolute Gasteiger partial charge is 0.260 e. The van der Waals surface area contributed by atoms with E-state index in [0.29, 0.717) is 6.54 Å². The fraction of sp³-hybridized carbons (Fsp3) is 0.316. The molecule has 0 unspecified atom stereocenters.